The lowest BCUT2D eigenvalue weighted by atomic mass is 10.1. The number of benzene rings is 1. The molecule has 0 unspecified atom stereocenters. The third-order valence-electron chi connectivity index (χ3n) is 3.22. The van der Waals surface area contributed by atoms with E-state index in [0.29, 0.717) is 6.79 Å². The minimum Gasteiger partial charge on any atom is -0.481 e. The van der Waals surface area contributed by atoms with Crippen molar-refractivity contribution in [1.29, 1.82) is 0 Å². The van der Waals surface area contributed by atoms with Crippen molar-refractivity contribution in [2.24, 2.45) is 0 Å². The summed E-state index contributed by atoms with van der Waals surface area (Å²) in [6.45, 7) is 0.304. The van der Waals surface area contributed by atoms with E-state index in [9.17, 15) is 4.79 Å². The third-order valence-corrected chi connectivity index (χ3v) is 3.22. The van der Waals surface area contributed by atoms with Crippen LogP contribution in [0.25, 0.3) is 6.08 Å². The van der Waals surface area contributed by atoms with E-state index in [2.05, 4.69) is 12.2 Å². The van der Waals surface area contributed by atoms with Crippen LogP contribution in [-0.4, -0.2) is 17.9 Å². The molecule has 0 aliphatic carbocycles. The fourth-order valence-corrected chi connectivity index (χ4v) is 2.13. The quantitative estimate of drug-likeness (QED) is 0.733. The van der Waals surface area contributed by atoms with E-state index < -0.39 is 5.97 Å². The summed E-state index contributed by atoms with van der Waals surface area (Å²) in [6, 6.07) is 5.91. The molecule has 1 aliphatic rings. The summed E-state index contributed by atoms with van der Waals surface area (Å²) < 4.78 is 10.6. The van der Waals surface area contributed by atoms with E-state index in [1.807, 2.05) is 18.2 Å². The molecule has 0 aromatic heterocycles. The van der Waals surface area contributed by atoms with Gasteiger partial charge in [-0.3, -0.25) is 4.79 Å². The predicted octanol–water partition coefficient (Wildman–Crippen LogP) is 3.85. The van der Waals surface area contributed by atoms with Gasteiger partial charge in [-0.25, -0.2) is 0 Å². The first-order chi connectivity index (χ1) is 9.75. The van der Waals surface area contributed by atoms with Crippen LogP contribution in [0, 0.1) is 0 Å². The van der Waals surface area contributed by atoms with Crippen LogP contribution in [0.15, 0.2) is 24.3 Å². The van der Waals surface area contributed by atoms with Crippen LogP contribution in [0.3, 0.4) is 0 Å². The summed E-state index contributed by atoms with van der Waals surface area (Å²) in [4.78, 5) is 10.3. The van der Waals surface area contributed by atoms with Gasteiger partial charge in [0.05, 0.1) is 0 Å². The highest BCUT2D eigenvalue weighted by Gasteiger charge is 2.11. The topological polar surface area (TPSA) is 55.8 Å². The van der Waals surface area contributed by atoms with Gasteiger partial charge in [-0.2, -0.15) is 0 Å². The maximum Gasteiger partial charge on any atom is 0.303 e. The summed E-state index contributed by atoms with van der Waals surface area (Å²) >= 11 is 0. The number of rotatable bonds is 8. The highest BCUT2D eigenvalue weighted by molar-refractivity contribution is 5.66. The summed E-state index contributed by atoms with van der Waals surface area (Å²) in [5.74, 6) is 0.911. The lowest BCUT2D eigenvalue weighted by molar-refractivity contribution is -0.137. The zero-order valence-electron chi connectivity index (χ0n) is 11.5. The molecule has 2 rings (SSSR count). The van der Waals surface area contributed by atoms with Crippen molar-refractivity contribution in [3.8, 4) is 11.5 Å². The molecule has 1 N–H and O–H groups in total. The predicted molar refractivity (Wildman–Crippen MR) is 76.9 cm³/mol. The summed E-state index contributed by atoms with van der Waals surface area (Å²) in [7, 11) is 0. The van der Waals surface area contributed by atoms with Gasteiger partial charge >= 0.3 is 5.97 Å². The van der Waals surface area contributed by atoms with Crippen molar-refractivity contribution in [3.63, 3.8) is 0 Å². The molecular weight excluding hydrogens is 256 g/mol. The van der Waals surface area contributed by atoms with E-state index in [1.165, 1.54) is 0 Å². The van der Waals surface area contributed by atoms with Gasteiger partial charge in [0.2, 0.25) is 6.79 Å². The Morgan fingerprint density at radius 1 is 1.15 bits per heavy atom. The fraction of sp³-hybridized carbons (Fsp3) is 0.438. The van der Waals surface area contributed by atoms with Crippen LogP contribution in [0.5, 0.6) is 11.5 Å². The second-order valence-electron chi connectivity index (χ2n) is 4.86. The minimum atomic E-state index is -0.701. The molecule has 1 aromatic rings. The van der Waals surface area contributed by atoms with Crippen LogP contribution >= 0.6 is 0 Å². The first-order valence-electron chi connectivity index (χ1n) is 7.04. The van der Waals surface area contributed by atoms with E-state index in [-0.39, 0.29) is 6.42 Å². The van der Waals surface area contributed by atoms with E-state index >= 15 is 0 Å². The van der Waals surface area contributed by atoms with Gasteiger partial charge in [0.25, 0.3) is 0 Å². The minimum absolute atomic E-state index is 0.285. The molecule has 0 saturated carbocycles. The van der Waals surface area contributed by atoms with Gasteiger partial charge in [0.15, 0.2) is 11.5 Å². The molecule has 0 saturated heterocycles. The molecule has 1 heterocycles. The average molecular weight is 276 g/mol. The Hall–Kier alpha value is -1.97. The molecule has 20 heavy (non-hydrogen) atoms. The Morgan fingerprint density at radius 2 is 1.95 bits per heavy atom. The molecule has 0 atom stereocenters. The first kappa shape index (κ1) is 14.4. The second-order valence-corrected chi connectivity index (χ2v) is 4.86. The number of unbranched alkanes of at least 4 members (excludes halogenated alkanes) is 4. The molecule has 0 radical (unpaired) electrons. The lowest BCUT2D eigenvalue weighted by Gasteiger charge is -1.98. The van der Waals surface area contributed by atoms with Crippen molar-refractivity contribution in [2.45, 2.75) is 38.5 Å². The monoisotopic (exact) mass is 276 g/mol. The average Bonchev–Trinajstić information content (AvgIpc) is 2.89. The molecule has 0 amide bonds. The molecular formula is C16H20O4. The maximum absolute atomic E-state index is 10.3. The van der Waals surface area contributed by atoms with E-state index in [4.69, 9.17) is 14.6 Å². The van der Waals surface area contributed by atoms with Crippen LogP contribution < -0.4 is 9.47 Å². The van der Waals surface area contributed by atoms with Gasteiger partial charge in [0, 0.05) is 6.42 Å². The lowest BCUT2D eigenvalue weighted by Crippen LogP contribution is -1.93. The van der Waals surface area contributed by atoms with E-state index in [0.717, 1.165) is 49.2 Å². The molecule has 108 valence electrons. The van der Waals surface area contributed by atoms with E-state index in [1.54, 1.807) is 0 Å². The number of carbonyl (C=O) groups is 1. The molecule has 0 fully saturated rings. The zero-order valence-corrected chi connectivity index (χ0v) is 11.5. The third kappa shape index (κ3) is 4.61. The summed E-state index contributed by atoms with van der Waals surface area (Å²) in [5, 5.41) is 8.52. The SMILES string of the molecule is O=C(O)CCCCCCC=Cc1ccc2c(c1)OCO2. The Kier molecular flexibility index (Phi) is 5.47. The van der Waals surface area contributed by atoms with Crippen LogP contribution in [-0.2, 0) is 4.79 Å². The number of carboxylic acids is 1. The summed E-state index contributed by atoms with van der Waals surface area (Å²) in [5.41, 5.74) is 1.11. The fourth-order valence-electron chi connectivity index (χ4n) is 2.13. The van der Waals surface area contributed by atoms with Gasteiger partial charge in [-0.1, -0.05) is 31.1 Å². The van der Waals surface area contributed by atoms with Gasteiger partial charge in [-0.05, 0) is 37.0 Å². The van der Waals surface area contributed by atoms with Crippen molar-refractivity contribution in [3.05, 3.63) is 29.8 Å². The smallest absolute Gasteiger partial charge is 0.303 e. The van der Waals surface area contributed by atoms with Crippen LogP contribution in [0.1, 0.15) is 44.1 Å². The number of hydrogen-bond acceptors (Lipinski definition) is 3. The standard InChI is InChI=1S/C16H20O4/c17-16(18)8-6-4-2-1-3-5-7-13-9-10-14-15(11-13)20-12-19-14/h5,7,9-11H,1-4,6,8,12H2,(H,17,18). The van der Waals surface area contributed by atoms with Crippen molar-refractivity contribution >= 4 is 12.0 Å². The Bertz CT molecular complexity index is 479. The Labute approximate surface area is 119 Å². The van der Waals surface area contributed by atoms with Gasteiger partial charge in [-0.15, -0.1) is 0 Å². The Morgan fingerprint density at radius 3 is 2.80 bits per heavy atom. The maximum atomic E-state index is 10.3. The molecule has 1 aromatic carbocycles. The van der Waals surface area contributed by atoms with Crippen molar-refractivity contribution < 1.29 is 19.4 Å². The summed E-state index contributed by atoms with van der Waals surface area (Å²) in [6.07, 6.45) is 9.48. The number of carboxylic acid groups (broad SMARTS) is 1. The normalized spacial score (nSPS) is 13.0. The van der Waals surface area contributed by atoms with Gasteiger partial charge in [0.1, 0.15) is 0 Å². The number of hydrogen-bond donors (Lipinski definition) is 1. The number of ether oxygens (including phenoxy) is 2. The first-order valence-corrected chi connectivity index (χ1v) is 7.04. The molecule has 4 heteroatoms. The molecule has 1 aliphatic heterocycles. The van der Waals surface area contributed by atoms with Crippen LogP contribution in [0.4, 0.5) is 0 Å². The molecule has 4 nitrogen and oxygen atoms in total. The van der Waals surface area contributed by atoms with Gasteiger partial charge < -0.3 is 14.6 Å². The largest absolute Gasteiger partial charge is 0.481 e. The number of aliphatic carboxylic acids is 1. The second kappa shape index (κ2) is 7.58. The number of allylic oxidation sites excluding steroid dienone is 1. The Balaban J connectivity index is 1.63. The molecule has 0 spiro atoms. The number of fused-ring (bicyclic) bond motifs is 1. The highest BCUT2D eigenvalue weighted by atomic mass is 16.7. The van der Waals surface area contributed by atoms with Crippen molar-refractivity contribution in [1.82, 2.24) is 0 Å². The van der Waals surface area contributed by atoms with Crippen molar-refractivity contribution in [2.75, 3.05) is 6.79 Å². The van der Waals surface area contributed by atoms with Crippen LogP contribution in [0.2, 0.25) is 0 Å². The highest BCUT2D eigenvalue weighted by Crippen LogP contribution is 2.32. The zero-order chi connectivity index (χ0) is 14.2. The molecule has 0 bridgehead atoms.